The first-order valence-electron chi connectivity index (χ1n) is 15.8. The Morgan fingerprint density at radius 1 is 0.960 bits per heavy atom. The average molecular weight is 704 g/mol. The van der Waals surface area contributed by atoms with Gasteiger partial charge < -0.3 is 40.9 Å². The van der Waals surface area contributed by atoms with Crippen LogP contribution in [0.4, 0.5) is 5.69 Å². The van der Waals surface area contributed by atoms with Gasteiger partial charge in [0.25, 0.3) is 17.7 Å². The number of carbonyl (C=O) groups excluding carboxylic acids is 3. The molecule has 0 bridgehead atoms. The number of aliphatic carboxylic acids is 1. The Morgan fingerprint density at radius 3 is 2.28 bits per heavy atom. The van der Waals surface area contributed by atoms with Crippen LogP contribution in [0.3, 0.4) is 0 Å². The lowest BCUT2D eigenvalue weighted by Crippen LogP contribution is -2.43. The lowest BCUT2D eigenvalue weighted by atomic mass is 10.0. The van der Waals surface area contributed by atoms with Crippen LogP contribution in [0.15, 0.2) is 66.0 Å². The maximum atomic E-state index is 13.4. The van der Waals surface area contributed by atoms with Crippen molar-refractivity contribution in [1.82, 2.24) is 20.5 Å². The number of aromatic hydroxyl groups is 1. The molecule has 1 unspecified atom stereocenters. The molecule has 0 radical (unpaired) electrons. The van der Waals surface area contributed by atoms with Gasteiger partial charge in [0.15, 0.2) is 6.04 Å². The van der Waals surface area contributed by atoms with Crippen LogP contribution in [-0.4, -0.2) is 81.7 Å². The Bertz CT molecular complexity index is 1840. The van der Waals surface area contributed by atoms with Gasteiger partial charge in [-0.3, -0.25) is 14.4 Å². The number of aryl methyl sites for hydroxylation is 2. The molecule has 0 aliphatic carbocycles. The number of hydrogen-bond acceptors (Lipinski definition) is 10. The molecule has 0 saturated heterocycles. The van der Waals surface area contributed by atoms with Crippen LogP contribution in [0.25, 0.3) is 0 Å². The number of rotatable bonds is 16. The van der Waals surface area contributed by atoms with E-state index in [4.69, 9.17) is 4.74 Å². The van der Waals surface area contributed by atoms with Crippen molar-refractivity contribution < 1.29 is 39.2 Å². The van der Waals surface area contributed by atoms with Crippen LogP contribution in [0, 0.1) is 6.92 Å². The van der Waals surface area contributed by atoms with Crippen LogP contribution >= 0.6 is 11.3 Å². The number of ether oxygens (including phenoxy) is 1. The zero-order valence-corrected chi connectivity index (χ0v) is 29.0. The summed E-state index contributed by atoms with van der Waals surface area (Å²) in [6.45, 7) is 3.50. The van der Waals surface area contributed by atoms with E-state index < -0.39 is 36.3 Å². The third-order valence-electron chi connectivity index (χ3n) is 7.80. The molecule has 0 spiro atoms. The van der Waals surface area contributed by atoms with Crippen molar-refractivity contribution in [3.05, 3.63) is 105 Å². The van der Waals surface area contributed by atoms with E-state index in [-0.39, 0.29) is 35.0 Å². The number of nitrogens with zero attached hydrogens (tertiary/aromatic N) is 2. The Hall–Kier alpha value is -5.47. The van der Waals surface area contributed by atoms with Gasteiger partial charge >= 0.3 is 5.97 Å². The van der Waals surface area contributed by atoms with Crippen molar-refractivity contribution in [2.24, 2.45) is 0 Å². The lowest BCUT2D eigenvalue weighted by Gasteiger charge is -2.19. The third kappa shape index (κ3) is 10.3. The van der Waals surface area contributed by atoms with Gasteiger partial charge in [-0.2, -0.15) is 0 Å². The van der Waals surface area contributed by atoms with Crippen molar-refractivity contribution in [3.8, 4) is 11.5 Å². The molecular formula is C36H41N5O8S. The van der Waals surface area contributed by atoms with E-state index in [2.05, 4.69) is 20.9 Å². The second kappa shape index (κ2) is 17.3. The molecule has 0 aliphatic heterocycles. The molecule has 14 heteroatoms. The van der Waals surface area contributed by atoms with Crippen molar-refractivity contribution in [1.29, 1.82) is 0 Å². The highest BCUT2D eigenvalue weighted by atomic mass is 32.1. The first kappa shape index (κ1) is 37.4. The molecule has 3 aromatic carbocycles. The number of carboxylic acids is 1. The number of aliphatic hydroxyl groups is 1. The summed E-state index contributed by atoms with van der Waals surface area (Å²) in [6, 6.07) is 15.0. The minimum atomic E-state index is -1.58. The highest BCUT2D eigenvalue weighted by Gasteiger charge is 2.24. The van der Waals surface area contributed by atoms with Crippen molar-refractivity contribution in [2.75, 3.05) is 26.1 Å². The van der Waals surface area contributed by atoms with Crippen LogP contribution in [0.2, 0.25) is 0 Å². The predicted octanol–water partition coefficient (Wildman–Crippen LogP) is 3.98. The molecule has 4 aromatic rings. The third-order valence-corrected chi connectivity index (χ3v) is 8.75. The van der Waals surface area contributed by atoms with Gasteiger partial charge in [0.05, 0.1) is 25.9 Å². The number of thiazole rings is 1. The zero-order valence-electron chi connectivity index (χ0n) is 28.2. The number of carboxylic acid groups (broad SMARTS) is 1. The van der Waals surface area contributed by atoms with Gasteiger partial charge in [-0.1, -0.05) is 18.2 Å². The van der Waals surface area contributed by atoms with Gasteiger partial charge in [-0.15, -0.1) is 11.3 Å². The van der Waals surface area contributed by atoms with E-state index in [1.54, 1.807) is 26.3 Å². The van der Waals surface area contributed by atoms with Gasteiger partial charge in [-0.05, 0) is 80.3 Å². The Labute approximate surface area is 293 Å². The standard InChI is InChI=1S/C36H41N5O8S/c1-21(8-9-23-10-11-29(31(43)13-23)37-17-24-6-5-7-28(12-24)49-4)39-33(44)25-14-26(34(45)40-30(19-42)36(47)48)16-27(15-25)35(46)41(3)18-32-38-22(2)20-50-32/h5-7,10-16,20-21,30,37,42-43H,8-9,17-19H2,1-4H3,(H,39,44)(H,40,45)(H,47,48)/t21-,30?/m0/s1. The number of methoxy groups -OCH3 is 1. The smallest absolute Gasteiger partial charge is 0.328 e. The first-order valence-corrected chi connectivity index (χ1v) is 16.7. The number of carbonyl (C=O) groups is 4. The molecular weight excluding hydrogens is 662 g/mol. The number of anilines is 1. The number of amides is 3. The Kier molecular flexibility index (Phi) is 12.9. The summed E-state index contributed by atoms with van der Waals surface area (Å²) in [5.74, 6) is -2.50. The summed E-state index contributed by atoms with van der Waals surface area (Å²) < 4.78 is 5.26. The number of benzene rings is 3. The monoisotopic (exact) mass is 703 g/mol. The summed E-state index contributed by atoms with van der Waals surface area (Å²) in [6.07, 6.45) is 1.05. The van der Waals surface area contributed by atoms with Gasteiger partial charge in [-0.25, -0.2) is 9.78 Å². The van der Waals surface area contributed by atoms with Crippen LogP contribution in [0.1, 0.15) is 66.2 Å². The minimum Gasteiger partial charge on any atom is -0.506 e. The fourth-order valence-corrected chi connectivity index (χ4v) is 5.86. The molecule has 0 aliphatic rings. The molecule has 13 nitrogen and oxygen atoms in total. The van der Waals surface area contributed by atoms with E-state index in [1.807, 2.05) is 49.6 Å². The summed E-state index contributed by atoms with van der Waals surface area (Å²) >= 11 is 1.40. The molecule has 0 fully saturated rings. The molecule has 6 N–H and O–H groups in total. The lowest BCUT2D eigenvalue weighted by molar-refractivity contribution is -0.140. The predicted molar refractivity (Wildman–Crippen MR) is 189 cm³/mol. The van der Waals surface area contributed by atoms with Crippen molar-refractivity contribution in [2.45, 2.75) is 51.9 Å². The molecule has 0 saturated carbocycles. The SMILES string of the molecule is COc1cccc(CNc2ccc(CC[C@H](C)NC(=O)c3cc(C(=O)NC(CO)C(=O)O)cc(C(=O)N(C)Cc4nc(C)cs4)c3)cc2O)c1. The molecule has 50 heavy (non-hydrogen) atoms. The first-order chi connectivity index (χ1) is 23.9. The van der Waals surface area contributed by atoms with E-state index >= 15 is 0 Å². The maximum Gasteiger partial charge on any atom is 0.328 e. The number of aliphatic hydroxyl groups excluding tert-OH is 1. The van der Waals surface area contributed by atoms with Crippen LogP contribution in [-0.2, 0) is 24.3 Å². The fraction of sp³-hybridized carbons (Fsp3) is 0.306. The normalized spacial score (nSPS) is 12.0. The quantitative estimate of drug-likeness (QED) is 0.0932. The van der Waals surface area contributed by atoms with E-state index in [1.165, 1.54) is 34.4 Å². The van der Waals surface area contributed by atoms with E-state index in [9.17, 15) is 34.5 Å². The summed E-state index contributed by atoms with van der Waals surface area (Å²) in [5.41, 5.74) is 3.19. The summed E-state index contributed by atoms with van der Waals surface area (Å²) in [4.78, 5) is 57.1. The van der Waals surface area contributed by atoms with E-state index in [0.717, 1.165) is 22.6 Å². The highest BCUT2D eigenvalue weighted by Crippen LogP contribution is 2.26. The maximum absolute atomic E-state index is 13.4. The summed E-state index contributed by atoms with van der Waals surface area (Å²) in [5, 5.41) is 40.2. The summed E-state index contributed by atoms with van der Waals surface area (Å²) in [7, 11) is 3.18. The molecule has 1 aromatic heterocycles. The molecule has 3 amide bonds. The van der Waals surface area contributed by atoms with Crippen molar-refractivity contribution >= 4 is 40.7 Å². The van der Waals surface area contributed by atoms with Gasteiger partial charge in [0.1, 0.15) is 16.5 Å². The largest absolute Gasteiger partial charge is 0.506 e. The van der Waals surface area contributed by atoms with E-state index in [0.29, 0.717) is 30.1 Å². The zero-order chi connectivity index (χ0) is 36.4. The topological polar surface area (TPSA) is 190 Å². The van der Waals surface area contributed by atoms with Gasteiger partial charge in [0.2, 0.25) is 0 Å². The molecule has 1 heterocycles. The minimum absolute atomic E-state index is 0.0197. The number of nitrogens with one attached hydrogen (secondary N) is 3. The molecule has 4 rings (SSSR count). The van der Waals surface area contributed by atoms with Crippen LogP contribution < -0.4 is 20.7 Å². The average Bonchev–Trinajstić information content (AvgIpc) is 3.52. The number of phenolic OH excluding ortho intramolecular Hbond substituents is 1. The van der Waals surface area contributed by atoms with Crippen molar-refractivity contribution in [3.63, 3.8) is 0 Å². The fourth-order valence-electron chi connectivity index (χ4n) is 5.04. The second-order valence-electron chi connectivity index (χ2n) is 11.9. The van der Waals surface area contributed by atoms with Crippen LogP contribution in [0.5, 0.6) is 11.5 Å². The Morgan fingerprint density at radius 2 is 1.66 bits per heavy atom. The molecule has 264 valence electrons. The second-order valence-corrected chi connectivity index (χ2v) is 12.8. The van der Waals surface area contributed by atoms with Gasteiger partial charge in [0, 0.05) is 47.4 Å². The highest BCUT2D eigenvalue weighted by molar-refractivity contribution is 7.09. The number of aromatic nitrogens is 1. The molecule has 2 atom stereocenters. The Balaban J connectivity index is 1.43. The number of hydrogen-bond donors (Lipinski definition) is 6. The number of phenols is 1.